The Labute approximate surface area is 207 Å². The molecule has 9 nitrogen and oxygen atoms in total. The van der Waals surface area contributed by atoms with Crippen molar-refractivity contribution in [1.29, 1.82) is 0 Å². The van der Waals surface area contributed by atoms with E-state index in [2.05, 4.69) is 10.3 Å². The average molecular weight is 486 g/mol. The zero-order chi connectivity index (χ0) is 25.8. The summed E-state index contributed by atoms with van der Waals surface area (Å²) in [6, 6.07) is 5.43. The number of nitrogens with one attached hydrogen (secondary N) is 2. The number of hydrogen-bond acceptors (Lipinski definition) is 5. The Morgan fingerprint density at radius 2 is 1.97 bits per heavy atom. The van der Waals surface area contributed by atoms with E-state index >= 15 is 0 Å². The molecular weight excluding hydrogens is 446 g/mol. The predicted octanol–water partition coefficient (Wildman–Crippen LogP) is 3.79. The largest absolute Gasteiger partial charge is 0.345 e. The molecule has 0 unspecified atom stereocenters. The molecule has 0 bridgehead atoms. The molecule has 1 aliphatic carbocycles. The first-order chi connectivity index (χ1) is 16.5. The van der Waals surface area contributed by atoms with Crippen LogP contribution in [0.4, 0.5) is 0 Å². The molecule has 3 amide bonds. The number of aromatic amines is 1. The smallest absolute Gasteiger partial charge is 0.233 e. The van der Waals surface area contributed by atoms with E-state index in [9.17, 15) is 19.6 Å². The fraction of sp³-hybridized carbons (Fsp3) is 0.615. The van der Waals surface area contributed by atoms with Gasteiger partial charge in [-0.3, -0.25) is 19.6 Å². The number of hydrogen-bond donors (Lipinski definition) is 3. The number of amides is 3. The summed E-state index contributed by atoms with van der Waals surface area (Å²) in [7, 11) is 1.76. The van der Waals surface area contributed by atoms with Gasteiger partial charge in [-0.25, -0.2) is 10.0 Å². The minimum atomic E-state index is -0.503. The predicted molar refractivity (Wildman–Crippen MR) is 133 cm³/mol. The molecule has 1 heterocycles. The first-order valence-corrected chi connectivity index (χ1v) is 12.4. The number of hydroxylamine groups is 2. The normalized spacial score (nSPS) is 16.2. The molecule has 2 atom stereocenters. The second kappa shape index (κ2) is 11.2. The number of benzene rings is 1. The van der Waals surface area contributed by atoms with Crippen LogP contribution in [0.1, 0.15) is 77.2 Å². The van der Waals surface area contributed by atoms with Gasteiger partial charge in [-0.1, -0.05) is 52.5 Å². The third-order valence-electron chi connectivity index (χ3n) is 6.94. The van der Waals surface area contributed by atoms with Crippen LogP contribution in [0.25, 0.3) is 11.0 Å². The molecule has 1 aromatic heterocycles. The highest BCUT2D eigenvalue weighted by molar-refractivity contribution is 5.80. The molecule has 35 heavy (non-hydrogen) atoms. The number of aromatic nitrogens is 2. The number of nitrogens with zero attached hydrogens (tertiary/aromatic N) is 3. The third-order valence-corrected chi connectivity index (χ3v) is 6.94. The van der Waals surface area contributed by atoms with Gasteiger partial charge in [-0.15, -0.1) is 0 Å². The Balaban J connectivity index is 1.83. The highest BCUT2D eigenvalue weighted by Crippen LogP contribution is 2.34. The summed E-state index contributed by atoms with van der Waals surface area (Å²) < 4.78 is 0. The molecule has 192 valence electrons. The fourth-order valence-electron chi connectivity index (χ4n) is 4.83. The topological polar surface area (TPSA) is 119 Å². The van der Waals surface area contributed by atoms with Crippen LogP contribution in [0.2, 0.25) is 0 Å². The van der Waals surface area contributed by atoms with Crippen molar-refractivity contribution in [3.05, 3.63) is 29.6 Å². The maximum Gasteiger partial charge on any atom is 0.233 e. The molecule has 3 N–H and O–H groups in total. The number of H-pyrrole nitrogens is 1. The average Bonchev–Trinajstić information content (AvgIpc) is 3.45. The van der Waals surface area contributed by atoms with Crippen molar-refractivity contribution in [1.82, 2.24) is 25.2 Å². The Bertz CT molecular complexity index is 1040. The van der Waals surface area contributed by atoms with Gasteiger partial charge >= 0.3 is 0 Å². The SMILES string of the molecule is CC(=O)N(C)Cc1ccc2nc([C@@H](NC(=O)[C@H](CC3CCCC3)CN(O)C=O)C(C)(C)C)[nH]c2c1. The highest BCUT2D eigenvalue weighted by atomic mass is 16.5. The Kier molecular flexibility index (Phi) is 8.53. The monoisotopic (exact) mass is 485 g/mol. The lowest BCUT2D eigenvalue weighted by Gasteiger charge is -2.32. The van der Waals surface area contributed by atoms with Gasteiger partial charge in [0.25, 0.3) is 0 Å². The molecule has 3 rings (SSSR count). The second-order valence-electron chi connectivity index (χ2n) is 11.0. The van der Waals surface area contributed by atoms with Crippen LogP contribution >= 0.6 is 0 Å². The van der Waals surface area contributed by atoms with Crippen LogP contribution in [-0.4, -0.2) is 57.0 Å². The first kappa shape index (κ1) is 26.7. The molecule has 9 heteroatoms. The van der Waals surface area contributed by atoms with Crippen LogP contribution in [-0.2, 0) is 20.9 Å². The number of rotatable bonds is 10. The van der Waals surface area contributed by atoms with E-state index in [0.717, 1.165) is 42.3 Å². The second-order valence-corrected chi connectivity index (χ2v) is 11.0. The fourth-order valence-corrected chi connectivity index (χ4v) is 4.83. The summed E-state index contributed by atoms with van der Waals surface area (Å²) in [6.07, 6.45) is 5.44. The molecular formula is C26H39N5O4. The summed E-state index contributed by atoms with van der Waals surface area (Å²) in [5.74, 6) is 0.373. The lowest BCUT2D eigenvalue weighted by Crippen LogP contribution is -2.43. The van der Waals surface area contributed by atoms with E-state index in [1.54, 1.807) is 11.9 Å². The van der Waals surface area contributed by atoms with E-state index in [1.807, 2.05) is 39.0 Å². The van der Waals surface area contributed by atoms with Gasteiger partial charge in [-0.05, 0) is 35.4 Å². The summed E-state index contributed by atoms with van der Waals surface area (Å²) in [5.41, 5.74) is 2.25. The highest BCUT2D eigenvalue weighted by Gasteiger charge is 2.34. The molecule has 0 saturated heterocycles. The van der Waals surface area contributed by atoms with Crippen molar-refractivity contribution in [2.45, 2.75) is 72.4 Å². The van der Waals surface area contributed by atoms with Gasteiger partial charge in [0.1, 0.15) is 5.82 Å². The van der Waals surface area contributed by atoms with E-state index in [-0.39, 0.29) is 23.8 Å². The van der Waals surface area contributed by atoms with Crippen molar-refractivity contribution in [2.24, 2.45) is 17.3 Å². The van der Waals surface area contributed by atoms with Gasteiger partial charge in [0.15, 0.2) is 0 Å². The van der Waals surface area contributed by atoms with Gasteiger partial charge in [0, 0.05) is 20.5 Å². The maximum absolute atomic E-state index is 13.4. The molecule has 0 radical (unpaired) electrons. The van der Waals surface area contributed by atoms with Gasteiger partial charge in [0.2, 0.25) is 18.2 Å². The van der Waals surface area contributed by atoms with Crippen molar-refractivity contribution < 1.29 is 19.6 Å². The first-order valence-electron chi connectivity index (χ1n) is 12.4. The molecule has 1 saturated carbocycles. The number of fused-ring (bicyclic) bond motifs is 1. The minimum Gasteiger partial charge on any atom is -0.345 e. The molecule has 2 aromatic rings. The quantitative estimate of drug-likeness (QED) is 0.269. The van der Waals surface area contributed by atoms with Crippen molar-refractivity contribution in [3.8, 4) is 0 Å². The number of imidazole rings is 1. The summed E-state index contributed by atoms with van der Waals surface area (Å²) in [6.45, 7) is 8.11. The van der Waals surface area contributed by atoms with Crippen LogP contribution in [0.3, 0.4) is 0 Å². The minimum absolute atomic E-state index is 0.00547. The number of carbonyl (C=O) groups excluding carboxylic acids is 3. The Morgan fingerprint density at radius 3 is 2.57 bits per heavy atom. The molecule has 1 aliphatic rings. The van der Waals surface area contributed by atoms with Crippen molar-refractivity contribution in [2.75, 3.05) is 13.6 Å². The van der Waals surface area contributed by atoms with E-state index in [0.29, 0.717) is 36.2 Å². The van der Waals surface area contributed by atoms with Gasteiger partial charge in [-0.2, -0.15) is 0 Å². The van der Waals surface area contributed by atoms with E-state index < -0.39 is 12.0 Å². The Morgan fingerprint density at radius 1 is 1.29 bits per heavy atom. The number of carbonyl (C=O) groups is 3. The van der Waals surface area contributed by atoms with Crippen LogP contribution in [0.5, 0.6) is 0 Å². The standard InChI is InChI=1S/C26H39N5O4/c1-17(33)30(5)14-19-10-11-21-22(13-19)28-24(27-21)23(26(2,3)4)29-25(34)20(15-31(35)16-32)12-18-8-6-7-9-18/h10-11,13,16,18,20,23,35H,6-9,12,14-15H2,1-5H3,(H,27,28)(H,29,34)/t20-,23-/m1/s1. The van der Waals surface area contributed by atoms with Crippen LogP contribution < -0.4 is 5.32 Å². The Hall–Kier alpha value is -2.94. The third kappa shape index (κ3) is 7.04. The van der Waals surface area contributed by atoms with E-state index in [4.69, 9.17) is 4.98 Å². The molecule has 0 spiro atoms. The van der Waals surface area contributed by atoms with Crippen molar-refractivity contribution >= 4 is 29.3 Å². The lowest BCUT2D eigenvalue weighted by molar-refractivity contribution is -0.155. The molecule has 0 aliphatic heterocycles. The molecule has 1 aromatic carbocycles. The summed E-state index contributed by atoms with van der Waals surface area (Å²) >= 11 is 0. The zero-order valence-electron chi connectivity index (χ0n) is 21.5. The van der Waals surface area contributed by atoms with Crippen LogP contribution in [0, 0.1) is 17.3 Å². The maximum atomic E-state index is 13.4. The summed E-state index contributed by atoms with van der Waals surface area (Å²) in [4.78, 5) is 45.8. The van der Waals surface area contributed by atoms with Gasteiger partial charge < -0.3 is 15.2 Å². The summed E-state index contributed by atoms with van der Waals surface area (Å²) in [5, 5.41) is 13.5. The van der Waals surface area contributed by atoms with Gasteiger partial charge in [0.05, 0.1) is 29.5 Å². The van der Waals surface area contributed by atoms with E-state index in [1.165, 1.54) is 6.92 Å². The molecule has 1 fully saturated rings. The van der Waals surface area contributed by atoms with Crippen LogP contribution in [0.15, 0.2) is 18.2 Å². The lowest BCUT2D eigenvalue weighted by atomic mass is 9.85. The van der Waals surface area contributed by atoms with Crippen molar-refractivity contribution in [3.63, 3.8) is 0 Å². The zero-order valence-corrected chi connectivity index (χ0v) is 21.5.